The maximum Gasteiger partial charge on any atom is 0.416 e. The molecule has 1 heterocycles. The van der Waals surface area contributed by atoms with Crippen LogP contribution in [0.1, 0.15) is 50.8 Å². The van der Waals surface area contributed by atoms with Crippen molar-refractivity contribution < 1.29 is 26.3 Å². The van der Waals surface area contributed by atoms with Gasteiger partial charge < -0.3 is 5.73 Å². The Morgan fingerprint density at radius 1 is 1.13 bits per heavy atom. The number of benzene rings is 1. The monoisotopic (exact) mass is 466 g/mol. The standard InChI is InChI=1S/C13H7F6NS.C6H14.C3H7N/c14-9-4-10(15)12(21)7(11(9)16)3-6-5-20-2-1-8(6)13(17,18)19;1-5-6(2,3)4;1-2-3-4/h1-2,4-5,21H,3H2;5H2,1-4H3;2H,1,3-4H2. The third-order valence-corrected chi connectivity index (χ3v) is 4.53. The molecule has 0 spiro atoms. The van der Waals surface area contributed by atoms with Crippen molar-refractivity contribution in [1.82, 2.24) is 4.98 Å². The van der Waals surface area contributed by atoms with Gasteiger partial charge in [-0.2, -0.15) is 13.2 Å². The summed E-state index contributed by atoms with van der Waals surface area (Å²) in [5.74, 6) is -4.07. The van der Waals surface area contributed by atoms with Gasteiger partial charge in [-0.25, -0.2) is 13.2 Å². The Morgan fingerprint density at radius 2 is 1.65 bits per heavy atom. The lowest BCUT2D eigenvalue weighted by Crippen LogP contribution is -2.11. The average molecular weight is 467 g/mol. The minimum atomic E-state index is -4.68. The minimum Gasteiger partial charge on any atom is -0.327 e. The maximum absolute atomic E-state index is 13.7. The van der Waals surface area contributed by atoms with Gasteiger partial charge in [0.25, 0.3) is 0 Å². The van der Waals surface area contributed by atoms with Crippen molar-refractivity contribution in [3.05, 3.63) is 71.3 Å². The number of nitrogens with zero attached hydrogens (tertiary/aromatic N) is 1. The molecule has 0 unspecified atom stereocenters. The lowest BCUT2D eigenvalue weighted by Gasteiger charge is -2.14. The fourth-order valence-electron chi connectivity index (χ4n) is 1.83. The summed E-state index contributed by atoms with van der Waals surface area (Å²) in [4.78, 5) is 2.99. The van der Waals surface area contributed by atoms with Gasteiger partial charge in [-0.15, -0.1) is 19.2 Å². The van der Waals surface area contributed by atoms with Crippen LogP contribution >= 0.6 is 12.6 Å². The Kier molecular flexibility index (Phi) is 11.9. The number of hydrogen-bond acceptors (Lipinski definition) is 3. The first-order valence-electron chi connectivity index (χ1n) is 9.35. The van der Waals surface area contributed by atoms with Crippen LogP contribution in [0.4, 0.5) is 26.3 Å². The lowest BCUT2D eigenvalue weighted by molar-refractivity contribution is -0.138. The first-order valence-corrected chi connectivity index (χ1v) is 9.80. The second-order valence-electron chi connectivity index (χ2n) is 7.63. The molecule has 1 aromatic heterocycles. The summed E-state index contributed by atoms with van der Waals surface area (Å²) < 4.78 is 78.6. The van der Waals surface area contributed by atoms with Crippen molar-refractivity contribution in [2.24, 2.45) is 11.1 Å². The van der Waals surface area contributed by atoms with Gasteiger partial charge in [0.2, 0.25) is 0 Å². The molecule has 0 fully saturated rings. The zero-order valence-electron chi connectivity index (χ0n) is 18.0. The number of aromatic nitrogens is 1. The molecule has 0 radical (unpaired) electrons. The average Bonchev–Trinajstić information content (AvgIpc) is 2.69. The van der Waals surface area contributed by atoms with Crippen molar-refractivity contribution in [1.29, 1.82) is 0 Å². The summed E-state index contributed by atoms with van der Waals surface area (Å²) in [5, 5.41) is 0. The first-order chi connectivity index (χ1) is 14.2. The van der Waals surface area contributed by atoms with Gasteiger partial charge in [0.15, 0.2) is 11.6 Å². The molecule has 31 heavy (non-hydrogen) atoms. The van der Waals surface area contributed by atoms with E-state index >= 15 is 0 Å². The molecule has 0 saturated heterocycles. The first kappa shape index (κ1) is 29.0. The largest absolute Gasteiger partial charge is 0.416 e. The van der Waals surface area contributed by atoms with Crippen LogP contribution in [-0.2, 0) is 12.6 Å². The minimum absolute atomic E-state index is 0.287. The predicted molar refractivity (Wildman–Crippen MR) is 115 cm³/mol. The molecule has 2 aromatic rings. The summed E-state index contributed by atoms with van der Waals surface area (Å²) in [6.45, 7) is 12.9. The van der Waals surface area contributed by atoms with E-state index in [9.17, 15) is 26.3 Å². The Balaban J connectivity index is 0.000000753. The molecular weight excluding hydrogens is 438 g/mol. The van der Waals surface area contributed by atoms with E-state index in [2.05, 4.69) is 51.9 Å². The molecular formula is C22H28F6N2S. The Bertz CT molecular complexity index is 819. The third kappa shape index (κ3) is 10.2. The van der Waals surface area contributed by atoms with Gasteiger partial charge >= 0.3 is 6.18 Å². The van der Waals surface area contributed by atoms with Gasteiger partial charge in [-0.05, 0) is 17.0 Å². The van der Waals surface area contributed by atoms with E-state index in [0.717, 1.165) is 12.4 Å². The van der Waals surface area contributed by atoms with E-state index in [-0.39, 0.29) is 6.07 Å². The highest BCUT2D eigenvalue weighted by molar-refractivity contribution is 7.80. The molecule has 0 bridgehead atoms. The maximum atomic E-state index is 13.7. The highest BCUT2D eigenvalue weighted by atomic mass is 32.1. The summed E-state index contributed by atoms with van der Waals surface area (Å²) in [6, 6.07) is 0.996. The Hall–Kier alpha value is -2.00. The molecule has 0 aliphatic heterocycles. The molecule has 0 saturated carbocycles. The van der Waals surface area contributed by atoms with Crippen LogP contribution in [0.25, 0.3) is 0 Å². The number of thiol groups is 1. The van der Waals surface area contributed by atoms with Gasteiger partial charge in [-0.1, -0.05) is 40.2 Å². The highest BCUT2D eigenvalue weighted by Gasteiger charge is 2.33. The molecule has 174 valence electrons. The topological polar surface area (TPSA) is 38.9 Å². The predicted octanol–water partition coefficient (Wildman–Crippen LogP) is 6.97. The van der Waals surface area contributed by atoms with Gasteiger partial charge in [0.1, 0.15) is 5.82 Å². The summed E-state index contributed by atoms with van der Waals surface area (Å²) in [6.07, 6.45) is -0.638. The number of halogens is 6. The molecule has 0 aliphatic rings. The molecule has 0 atom stereocenters. The molecule has 9 heteroatoms. The fraction of sp³-hybridized carbons (Fsp3) is 0.409. The van der Waals surface area contributed by atoms with E-state index in [1.54, 1.807) is 6.08 Å². The quantitative estimate of drug-likeness (QED) is 0.222. The van der Waals surface area contributed by atoms with Crippen LogP contribution in [0.2, 0.25) is 0 Å². The van der Waals surface area contributed by atoms with E-state index in [4.69, 9.17) is 5.73 Å². The molecule has 1 aromatic carbocycles. The van der Waals surface area contributed by atoms with Crippen LogP contribution in [0.15, 0.2) is 42.1 Å². The Morgan fingerprint density at radius 3 is 2.06 bits per heavy atom. The smallest absolute Gasteiger partial charge is 0.327 e. The number of nitrogens with two attached hydrogens (primary N) is 1. The highest BCUT2D eigenvalue weighted by Crippen LogP contribution is 2.34. The van der Waals surface area contributed by atoms with E-state index in [1.807, 2.05) is 0 Å². The lowest BCUT2D eigenvalue weighted by atomic mass is 9.94. The van der Waals surface area contributed by atoms with Gasteiger partial charge in [0, 0.05) is 41.9 Å². The van der Waals surface area contributed by atoms with E-state index in [0.29, 0.717) is 18.0 Å². The number of hydrogen-bond donors (Lipinski definition) is 2. The van der Waals surface area contributed by atoms with Crippen LogP contribution < -0.4 is 5.73 Å². The van der Waals surface area contributed by atoms with Crippen LogP contribution in [-0.4, -0.2) is 11.5 Å². The van der Waals surface area contributed by atoms with Crippen LogP contribution in [0.3, 0.4) is 0 Å². The van der Waals surface area contributed by atoms with E-state index < -0.39 is 51.6 Å². The molecule has 0 amide bonds. The zero-order valence-corrected chi connectivity index (χ0v) is 18.8. The van der Waals surface area contributed by atoms with Gasteiger partial charge in [0.05, 0.1) is 5.56 Å². The number of alkyl halides is 3. The van der Waals surface area contributed by atoms with Crippen molar-refractivity contribution in [3.63, 3.8) is 0 Å². The molecule has 2 rings (SSSR count). The second kappa shape index (κ2) is 12.8. The molecule has 2 N–H and O–H groups in total. The summed E-state index contributed by atoms with van der Waals surface area (Å²) >= 11 is 3.68. The summed E-state index contributed by atoms with van der Waals surface area (Å²) in [7, 11) is 0. The van der Waals surface area contributed by atoms with Crippen molar-refractivity contribution in [3.8, 4) is 0 Å². The summed E-state index contributed by atoms with van der Waals surface area (Å²) in [5.41, 5.74) is 3.42. The SMILES string of the molecule is C=CCN.CCC(C)(C)C.Fc1cc(F)c(S)c(Cc2cnccc2C(F)(F)F)c1F. The van der Waals surface area contributed by atoms with Gasteiger partial charge in [-0.3, -0.25) is 4.98 Å². The van der Waals surface area contributed by atoms with Crippen molar-refractivity contribution >= 4 is 12.6 Å². The van der Waals surface area contributed by atoms with Crippen molar-refractivity contribution in [2.45, 2.75) is 51.6 Å². The Labute approximate surface area is 185 Å². The number of pyridine rings is 1. The van der Waals surface area contributed by atoms with Crippen LogP contribution in [0.5, 0.6) is 0 Å². The zero-order chi connectivity index (χ0) is 24.4. The molecule has 2 nitrogen and oxygen atoms in total. The van der Waals surface area contributed by atoms with Crippen LogP contribution in [0, 0.1) is 22.9 Å². The normalized spacial score (nSPS) is 11.1. The second-order valence-corrected chi connectivity index (χ2v) is 8.07. The number of rotatable bonds is 3. The third-order valence-electron chi connectivity index (χ3n) is 4.04. The molecule has 0 aliphatic carbocycles. The fourth-order valence-corrected chi connectivity index (χ4v) is 2.07. The van der Waals surface area contributed by atoms with E-state index in [1.165, 1.54) is 6.42 Å². The van der Waals surface area contributed by atoms with Crippen molar-refractivity contribution in [2.75, 3.05) is 6.54 Å².